The summed E-state index contributed by atoms with van der Waals surface area (Å²) in [5, 5.41) is 9.42. The van der Waals surface area contributed by atoms with Crippen LogP contribution in [0.2, 0.25) is 0 Å². The van der Waals surface area contributed by atoms with Gasteiger partial charge < -0.3 is 9.97 Å². The van der Waals surface area contributed by atoms with Gasteiger partial charge in [-0.2, -0.15) is 0 Å². The first-order chi connectivity index (χ1) is 29.7. The smallest absolute Gasteiger partial charge is 0.657 e. The first-order valence-electron chi connectivity index (χ1n) is 20.6. The summed E-state index contributed by atoms with van der Waals surface area (Å²) >= 11 is 0. The Morgan fingerprint density at radius 1 is 0.508 bits per heavy atom. The van der Waals surface area contributed by atoms with E-state index in [1.807, 2.05) is 35.0 Å². The van der Waals surface area contributed by atoms with Crippen LogP contribution < -0.4 is 9.97 Å². The summed E-state index contributed by atoms with van der Waals surface area (Å²) in [7, 11) is 0. The molecule has 8 aromatic rings. The molecule has 61 heavy (non-hydrogen) atoms. The van der Waals surface area contributed by atoms with Gasteiger partial charge in [-0.25, -0.2) is 14.6 Å². The number of hydrogen-bond acceptors (Lipinski definition) is 4. The standard InChI is InChI=1S/C53H41N7.Ni/c1-2-3-4-5-18-27-40-35-60(59-58-40)48-34-47-51(38-23-14-8-15-24-38)45-31-30-43(55-45)49(36-19-10-6-11-20-36)41-28-29-42(54-41)50(37-21-12-7-13-22-37)44-32-33-46(56-44)52(53(48)57-47)39-25-16-9-17-26-39;/h2,6-17,19-26,28-35H,1,3-5,18,27H2;/q-2;+2. The molecule has 8 bridgehead atoms. The van der Waals surface area contributed by atoms with Gasteiger partial charge in [-0.05, 0) is 88.4 Å². The van der Waals surface area contributed by atoms with Crippen LogP contribution in [0, 0.1) is 0 Å². The molecule has 298 valence electrons. The van der Waals surface area contributed by atoms with Crippen molar-refractivity contribution in [2.24, 2.45) is 0 Å². The SMILES string of the molecule is C=CCCCCCc1cn(C2=Cc3nc2c(-c2ccccc2)c2ccc([n-]2)c(-c2ccccc2)c2nc(c(-c4ccccc4)c4ccc([n-]4)c3-c3ccccc3)C=C2)nn1.[Ni+2]. The molecule has 2 aliphatic heterocycles. The van der Waals surface area contributed by atoms with E-state index in [0.717, 1.165) is 133 Å². The van der Waals surface area contributed by atoms with Crippen molar-refractivity contribution in [2.45, 2.75) is 32.1 Å². The number of unbranched alkanes of at least 4 members (excludes halogenated alkanes) is 3. The minimum absolute atomic E-state index is 0. The Morgan fingerprint density at radius 3 is 1.46 bits per heavy atom. The average molecular weight is 835 g/mol. The second-order valence-electron chi connectivity index (χ2n) is 15.0. The summed E-state index contributed by atoms with van der Waals surface area (Å²) in [6.45, 7) is 3.88. The van der Waals surface area contributed by atoms with Crippen molar-refractivity contribution >= 4 is 46.0 Å². The van der Waals surface area contributed by atoms with Gasteiger partial charge >= 0.3 is 16.5 Å². The zero-order valence-electron chi connectivity index (χ0n) is 33.4. The fraction of sp³-hybridized carbons (Fsp3) is 0.0943. The molecule has 2 aliphatic rings. The first kappa shape index (κ1) is 39.3. The molecule has 8 heteroatoms. The summed E-state index contributed by atoms with van der Waals surface area (Å²) in [6.07, 6.45) is 15.5. The Balaban J connectivity index is 0.00000476. The molecule has 0 saturated heterocycles. The number of nitrogens with zero attached hydrogens (tertiary/aromatic N) is 7. The molecule has 0 N–H and O–H groups in total. The second kappa shape index (κ2) is 17.6. The summed E-state index contributed by atoms with van der Waals surface area (Å²) in [5.41, 5.74) is 16.0. The van der Waals surface area contributed by atoms with Crippen LogP contribution in [0.25, 0.3) is 90.5 Å². The zero-order chi connectivity index (χ0) is 40.3. The van der Waals surface area contributed by atoms with Gasteiger partial charge in [-0.1, -0.05) is 163 Å². The molecule has 0 spiro atoms. The maximum absolute atomic E-state index is 5.59. The molecule has 10 rings (SSSR count). The Kier molecular flexibility index (Phi) is 11.3. The molecule has 7 nitrogen and oxygen atoms in total. The molecular weight excluding hydrogens is 793 g/mol. The third kappa shape index (κ3) is 7.86. The van der Waals surface area contributed by atoms with E-state index in [4.69, 9.17) is 25.1 Å². The third-order valence-electron chi connectivity index (χ3n) is 11.1. The van der Waals surface area contributed by atoms with E-state index in [2.05, 4.69) is 157 Å². The molecule has 4 aromatic carbocycles. The van der Waals surface area contributed by atoms with Crippen LogP contribution in [0.5, 0.6) is 0 Å². The molecule has 0 amide bonds. The van der Waals surface area contributed by atoms with Gasteiger partial charge in [0.05, 0.1) is 40.4 Å². The molecular formula is C53H41N7Ni. The van der Waals surface area contributed by atoms with Crippen LogP contribution in [0.1, 0.15) is 54.2 Å². The van der Waals surface area contributed by atoms with Crippen molar-refractivity contribution < 1.29 is 16.5 Å². The second-order valence-corrected chi connectivity index (χ2v) is 15.0. The van der Waals surface area contributed by atoms with Crippen molar-refractivity contribution in [3.8, 4) is 44.5 Å². The topological polar surface area (TPSA) is 84.7 Å². The summed E-state index contributed by atoms with van der Waals surface area (Å²) < 4.78 is 1.89. The van der Waals surface area contributed by atoms with E-state index < -0.39 is 0 Å². The number of aromatic nitrogens is 7. The van der Waals surface area contributed by atoms with Crippen molar-refractivity contribution in [1.29, 1.82) is 0 Å². The first-order valence-corrected chi connectivity index (χ1v) is 20.6. The van der Waals surface area contributed by atoms with Crippen LogP contribution in [-0.4, -0.2) is 25.0 Å². The van der Waals surface area contributed by atoms with Gasteiger partial charge in [0.1, 0.15) is 0 Å². The Morgan fingerprint density at radius 2 is 0.967 bits per heavy atom. The van der Waals surface area contributed by atoms with Crippen LogP contribution in [0.3, 0.4) is 0 Å². The van der Waals surface area contributed by atoms with E-state index in [0.29, 0.717) is 0 Å². The summed E-state index contributed by atoms with van der Waals surface area (Å²) in [4.78, 5) is 21.9. The Bertz CT molecular complexity index is 3070. The maximum atomic E-state index is 5.59. The maximum Gasteiger partial charge on any atom is 2.00 e. The number of hydrogen-bond donors (Lipinski definition) is 0. The quantitative estimate of drug-likeness (QED) is 0.0733. The van der Waals surface area contributed by atoms with Crippen molar-refractivity contribution in [3.63, 3.8) is 0 Å². The molecule has 0 aliphatic carbocycles. The minimum Gasteiger partial charge on any atom is -0.657 e. The monoisotopic (exact) mass is 833 g/mol. The zero-order valence-corrected chi connectivity index (χ0v) is 34.4. The number of aryl methyl sites for hydroxylation is 1. The molecule has 0 atom stereocenters. The average Bonchev–Trinajstić information content (AvgIpc) is 4.16. The van der Waals surface area contributed by atoms with Crippen LogP contribution >= 0.6 is 0 Å². The summed E-state index contributed by atoms with van der Waals surface area (Å²) in [6, 6.07) is 50.0. The molecule has 0 saturated carbocycles. The van der Waals surface area contributed by atoms with Crippen molar-refractivity contribution in [3.05, 3.63) is 193 Å². The van der Waals surface area contributed by atoms with Gasteiger partial charge in [0.25, 0.3) is 0 Å². The molecule has 4 aromatic heterocycles. The minimum atomic E-state index is 0. The fourth-order valence-electron chi connectivity index (χ4n) is 8.22. The van der Waals surface area contributed by atoms with E-state index in [1.165, 1.54) is 0 Å². The Labute approximate surface area is 365 Å². The molecule has 0 unspecified atom stereocenters. The van der Waals surface area contributed by atoms with Crippen molar-refractivity contribution in [2.75, 3.05) is 0 Å². The number of fused-ring (bicyclic) bond motifs is 8. The molecule has 0 fully saturated rings. The number of benzene rings is 4. The van der Waals surface area contributed by atoms with Crippen molar-refractivity contribution in [1.82, 2.24) is 34.9 Å². The van der Waals surface area contributed by atoms with Gasteiger partial charge in [0.2, 0.25) is 0 Å². The van der Waals surface area contributed by atoms with E-state index >= 15 is 0 Å². The van der Waals surface area contributed by atoms with Gasteiger partial charge in [0.15, 0.2) is 0 Å². The van der Waals surface area contributed by atoms with Crippen LogP contribution in [-0.2, 0) is 22.9 Å². The van der Waals surface area contributed by atoms with E-state index in [-0.39, 0.29) is 16.5 Å². The predicted octanol–water partition coefficient (Wildman–Crippen LogP) is 12.3. The summed E-state index contributed by atoms with van der Waals surface area (Å²) in [5.74, 6) is 0. The number of rotatable bonds is 11. The normalized spacial score (nSPS) is 11.9. The molecule has 0 radical (unpaired) electrons. The Hall–Kier alpha value is -7.15. The largest absolute Gasteiger partial charge is 2.00 e. The van der Waals surface area contributed by atoms with E-state index in [9.17, 15) is 0 Å². The third-order valence-corrected chi connectivity index (χ3v) is 11.1. The predicted molar refractivity (Wildman–Crippen MR) is 245 cm³/mol. The van der Waals surface area contributed by atoms with Gasteiger partial charge in [-0.3, -0.25) is 0 Å². The van der Waals surface area contributed by atoms with Gasteiger partial charge in [-0.15, -0.1) is 33.7 Å². The van der Waals surface area contributed by atoms with E-state index in [1.54, 1.807) is 0 Å². The van der Waals surface area contributed by atoms with Gasteiger partial charge in [0, 0.05) is 0 Å². The fourth-order valence-corrected chi connectivity index (χ4v) is 8.22. The van der Waals surface area contributed by atoms with Crippen LogP contribution in [0.15, 0.2) is 164 Å². The number of allylic oxidation sites excluding steroid dienone is 1. The van der Waals surface area contributed by atoms with Crippen LogP contribution in [0.4, 0.5) is 0 Å². The molecule has 6 heterocycles.